The lowest BCUT2D eigenvalue weighted by Gasteiger charge is -2.41. The number of nitriles is 1. The summed E-state index contributed by atoms with van der Waals surface area (Å²) in [5.41, 5.74) is 5.03. The highest BCUT2D eigenvalue weighted by Gasteiger charge is 2.36. The first-order chi connectivity index (χ1) is 16.8. The van der Waals surface area contributed by atoms with Crippen LogP contribution < -0.4 is 0 Å². The van der Waals surface area contributed by atoms with Crippen LogP contribution in [-0.2, 0) is 16.8 Å². The van der Waals surface area contributed by atoms with Gasteiger partial charge in [0, 0.05) is 11.0 Å². The summed E-state index contributed by atoms with van der Waals surface area (Å²) in [5.74, 6) is -0.246. The molecule has 0 saturated carbocycles. The summed E-state index contributed by atoms with van der Waals surface area (Å²) in [7, 11) is 2.11. The number of halogens is 2. The molecule has 1 aromatic heterocycles. The average molecular weight is 476 g/mol. The lowest BCUT2D eigenvalue weighted by Crippen LogP contribution is -2.44. The lowest BCUT2D eigenvalue weighted by molar-refractivity contribution is 0.00462. The predicted octanol–water partition coefficient (Wildman–Crippen LogP) is 6.28. The normalized spacial score (nSPS) is 16.6. The number of benzene rings is 2. The third kappa shape index (κ3) is 5.58. The third-order valence-electron chi connectivity index (χ3n) is 7.13. The Labute approximate surface area is 206 Å². The fourth-order valence-electron chi connectivity index (χ4n) is 4.73. The number of hydrogen-bond donors (Lipinski definition) is 0. The standard InChI is InChI=1S/C29H31F2N3O/c1-20-14-23(4-5-24(20)18-32)28-16-22(17-30)15-27(33-28)21(2)35-19-29(10-12-34(3)13-11-29)25-6-8-26(31)9-7-25/h4-9,14-16,21H,10-13,17,19H2,1-3H3. The molecule has 0 radical (unpaired) electrons. The molecule has 0 spiro atoms. The van der Waals surface area contributed by atoms with E-state index in [1.165, 1.54) is 12.1 Å². The number of pyridine rings is 1. The van der Waals surface area contributed by atoms with Gasteiger partial charge in [0.2, 0.25) is 0 Å². The molecule has 2 heterocycles. The van der Waals surface area contributed by atoms with Gasteiger partial charge in [-0.25, -0.2) is 8.78 Å². The van der Waals surface area contributed by atoms with Crippen molar-refractivity contribution in [3.8, 4) is 17.3 Å². The van der Waals surface area contributed by atoms with Gasteiger partial charge in [-0.15, -0.1) is 0 Å². The van der Waals surface area contributed by atoms with Crippen molar-refractivity contribution >= 4 is 0 Å². The van der Waals surface area contributed by atoms with Crippen LogP contribution >= 0.6 is 0 Å². The Bertz CT molecular complexity index is 1210. The first kappa shape index (κ1) is 25.0. The lowest BCUT2D eigenvalue weighted by atomic mass is 9.73. The molecule has 0 N–H and O–H groups in total. The summed E-state index contributed by atoms with van der Waals surface area (Å²) in [6.07, 6.45) is 1.47. The Hall–Kier alpha value is -3.14. The van der Waals surface area contributed by atoms with Gasteiger partial charge >= 0.3 is 0 Å². The van der Waals surface area contributed by atoms with Crippen LogP contribution in [0.2, 0.25) is 0 Å². The summed E-state index contributed by atoms with van der Waals surface area (Å²) in [6, 6.07) is 17.9. The fourth-order valence-corrected chi connectivity index (χ4v) is 4.73. The first-order valence-corrected chi connectivity index (χ1v) is 12.0. The van der Waals surface area contributed by atoms with Crippen LogP contribution in [0.5, 0.6) is 0 Å². The van der Waals surface area contributed by atoms with Gasteiger partial charge in [0.25, 0.3) is 0 Å². The van der Waals surface area contributed by atoms with Crippen molar-refractivity contribution in [2.24, 2.45) is 0 Å². The molecule has 1 unspecified atom stereocenters. The number of nitrogens with zero attached hydrogens (tertiary/aromatic N) is 3. The van der Waals surface area contributed by atoms with Crippen molar-refractivity contribution in [1.29, 1.82) is 5.26 Å². The van der Waals surface area contributed by atoms with E-state index in [1.807, 2.05) is 38.1 Å². The average Bonchev–Trinajstić information content (AvgIpc) is 2.88. The van der Waals surface area contributed by atoms with E-state index in [1.54, 1.807) is 18.2 Å². The van der Waals surface area contributed by atoms with E-state index in [0.29, 0.717) is 29.1 Å². The minimum Gasteiger partial charge on any atom is -0.371 e. The predicted molar refractivity (Wildman–Crippen MR) is 133 cm³/mol. The van der Waals surface area contributed by atoms with E-state index in [2.05, 4.69) is 18.0 Å². The van der Waals surface area contributed by atoms with Gasteiger partial charge in [-0.2, -0.15) is 5.26 Å². The Morgan fingerprint density at radius 2 is 1.83 bits per heavy atom. The molecule has 1 aliphatic rings. The van der Waals surface area contributed by atoms with Gasteiger partial charge in [-0.05, 0) is 99.9 Å². The maximum Gasteiger partial charge on any atom is 0.123 e. The highest BCUT2D eigenvalue weighted by Crippen LogP contribution is 2.37. The summed E-state index contributed by atoms with van der Waals surface area (Å²) in [4.78, 5) is 7.09. The first-order valence-electron chi connectivity index (χ1n) is 12.0. The van der Waals surface area contributed by atoms with Crippen LogP contribution in [0.25, 0.3) is 11.3 Å². The van der Waals surface area contributed by atoms with Crippen molar-refractivity contribution in [1.82, 2.24) is 9.88 Å². The van der Waals surface area contributed by atoms with E-state index < -0.39 is 6.67 Å². The molecular formula is C29H31F2N3O. The Balaban J connectivity index is 1.59. The highest BCUT2D eigenvalue weighted by atomic mass is 19.1. The smallest absolute Gasteiger partial charge is 0.123 e. The second kappa shape index (κ2) is 10.6. The third-order valence-corrected chi connectivity index (χ3v) is 7.13. The van der Waals surface area contributed by atoms with E-state index >= 15 is 0 Å². The van der Waals surface area contributed by atoms with Crippen LogP contribution in [0.3, 0.4) is 0 Å². The van der Waals surface area contributed by atoms with Gasteiger partial charge in [-0.3, -0.25) is 4.98 Å². The quantitative estimate of drug-likeness (QED) is 0.404. The number of rotatable bonds is 7. The Morgan fingerprint density at radius 1 is 1.11 bits per heavy atom. The monoisotopic (exact) mass is 475 g/mol. The minimum absolute atomic E-state index is 0.209. The summed E-state index contributed by atoms with van der Waals surface area (Å²) < 4.78 is 33.7. The van der Waals surface area contributed by atoms with E-state index in [4.69, 9.17) is 9.72 Å². The second-order valence-corrected chi connectivity index (χ2v) is 9.60. The number of aryl methyl sites for hydroxylation is 1. The van der Waals surface area contributed by atoms with Gasteiger partial charge in [-0.1, -0.05) is 18.2 Å². The van der Waals surface area contributed by atoms with E-state index in [-0.39, 0.29) is 17.3 Å². The van der Waals surface area contributed by atoms with Gasteiger partial charge < -0.3 is 9.64 Å². The van der Waals surface area contributed by atoms with Crippen LogP contribution in [0.15, 0.2) is 54.6 Å². The fraction of sp³-hybridized carbons (Fsp3) is 0.379. The molecule has 4 nitrogen and oxygen atoms in total. The summed E-state index contributed by atoms with van der Waals surface area (Å²) >= 11 is 0. The Kier molecular flexibility index (Phi) is 7.59. The molecule has 2 aromatic carbocycles. The molecule has 1 aliphatic heterocycles. The summed E-state index contributed by atoms with van der Waals surface area (Å²) in [5, 5.41) is 9.22. The number of piperidine rings is 1. The largest absolute Gasteiger partial charge is 0.371 e. The number of alkyl halides is 1. The van der Waals surface area contributed by atoms with Gasteiger partial charge in [0.05, 0.1) is 35.7 Å². The minimum atomic E-state index is -0.601. The maximum absolute atomic E-state index is 13.7. The van der Waals surface area contributed by atoms with E-state index in [9.17, 15) is 14.0 Å². The molecule has 1 saturated heterocycles. The molecule has 0 bridgehead atoms. The Morgan fingerprint density at radius 3 is 2.46 bits per heavy atom. The van der Waals surface area contributed by atoms with Crippen molar-refractivity contribution < 1.29 is 13.5 Å². The molecule has 0 aliphatic carbocycles. The molecule has 3 aromatic rings. The number of ether oxygens (including phenoxy) is 1. The van der Waals surface area contributed by atoms with Crippen LogP contribution in [-0.4, -0.2) is 36.6 Å². The number of aromatic nitrogens is 1. The zero-order chi connectivity index (χ0) is 25.0. The second-order valence-electron chi connectivity index (χ2n) is 9.60. The zero-order valence-electron chi connectivity index (χ0n) is 20.5. The number of likely N-dealkylation sites (tertiary alicyclic amines) is 1. The molecule has 4 rings (SSSR count). The highest BCUT2D eigenvalue weighted by molar-refractivity contribution is 5.63. The molecular weight excluding hydrogens is 444 g/mol. The molecule has 0 amide bonds. The summed E-state index contributed by atoms with van der Waals surface area (Å²) in [6.45, 7) is 5.56. The van der Waals surface area contributed by atoms with Crippen molar-refractivity contribution in [3.05, 3.63) is 88.4 Å². The topological polar surface area (TPSA) is 49.1 Å². The molecule has 182 valence electrons. The van der Waals surface area contributed by atoms with Crippen LogP contribution in [0.4, 0.5) is 8.78 Å². The van der Waals surface area contributed by atoms with Gasteiger partial charge in [0.1, 0.15) is 12.5 Å². The molecule has 6 heteroatoms. The van der Waals surface area contributed by atoms with Gasteiger partial charge in [0.15, 0.2) is 0 Å². The number of hydrogen-bond acceptors (Lipinski definition) is 4. The maximum atomic E-state index is 13.7. The molecule has 1 atom stereocenters. The molecule has 35 heavy (non-hydrogen) atoms. The van der Waals surface area contributed by atoms with Crippen molar-refractivity contribution in [3.63, 3.8) is 0 Å². The van der Waals surface area contributed by atoms with E-state index in [0.717, 1.165) is 42.6 Å². The van der Waals surface area contributed by atoms with Crippen LogP contribution in [0.1, 0.15) is 53.8 Å². The molecule has 1 fully saturated rings. The van der Waals surface area contributed by atoms with Crippen molar-refractivity contribution in [2.75, 3.05) is 26.7 Å². The van der Waals surface area contributed by atoms with Crippen LogP contribution in [0, 0.1) is 24.1 Å². The SMILES string of the molecule is Cc1cc(-c2cc(CF)cc(C(C)OCC3(c4ccc(F)cc4)CCN(C)CC3)n2)ccc1C#N. The zero-order valence-corrected chi connectivity index (χ0v) is 20.5. The van der Waals surface area contributed by atoms with Crippen molar-refractivity contribution in [2.45, 2.75) is 44.9 Å².